The van der Waals surface area contributed by atoms with E-state index in [9.17, 15) is 14.4 Å². The second kappa shape index (κ2) is 7.81. The van der Waals surface area contributed by atoms with Gasteiger partial charge >= 0.3 is 12.0 Å². The highest BCUT2D eigenvalue weighted by Gasteiger charge is 2.33. The molecule has 3 rings (SSSR count). The number of imide groups is 1. The Kier molecular flexibility index (Phi) is 5.59. The third-order valence-electron chi connectivity index (χ3n) is 5.59. The zero-order chi connectivity index (χ0) is 21.3. The number of amides is 3. The van der Waals surface area contributed by atoms with Crippen molar-refractivity contribution in [3.8, 4) is 0 Å². The topological polar surface area (TPSA) is 111 Å². The average Bonchev–Trinajstić information content (AvgIpc) is 2.64. The first-order valence-corrected chi connectivity index (χ1v) is 9.79. The van der Waals surface area contributed by atoms with Gasteiger partial charge in [-0.15, -0.1) is 0 Å². The van der Waals surface area contributed by atoms with E-state index >= 15 is 0 Å². The highest BCUT2D eigenvalue weighted by Crippen LogP contribution is 2.39. The highest BCUT2D eigenvalue weighted by atomic mass is 16.5. The van der Waals surface area contributed by atoms with Crippen LogP contribution >= 0.6 is 0 Å². The first-order chi connectivity index (χ1) is 13.6. The third-order valence-corrected chi connectivity index (χ3v) is 5.59. The molecule has 1 aromatic carbocycles. The van der Waals surface area contributed by atoms with Crippen LogP contribution in [0.15, 0.2) is 24.3 Å². The Bertz CT molecular complexity index is 978. The number of nitrogens with zero attached hydrogens (tertiary/aromatic N) is 1. The van der Waals surface area contributed by atoms with E-state index < -0.39 is 24.0 Å². The van der Waals surface area contributed by atoms with Crippen molar-refractivity contribution < 1.29 is 19.1 Å². The van der Waals surface area contributed by atoms with E-state index in [1.54, 1.807) is 0 Å². The summed E-state index contributed by atoms with van der Waals surface area (Å²) in [5, 5.41) is 2.64. The van der Waals surface area contributed by atoms with E-state index in [1.165, 1.54) is 6.92 Å². The third kappa shape index (κ3) is 4.39. The van der Waals surface area contributed by atoms with Gasteiger partial charge in [0.2, 0.25) is 0 Å². The minimum absolute atomic E-state index is 0.0964. The van der Waals surface area contributed by atoms with E-state index in [0.29, 0.717) is 16.9 Å². The van der Waals surface area contributed by atoms with Crippen molar-refractivity contribution in [2.24, 2.45) is 17.1 Å². The average molecular weight is 397 g/mol. The number of aromatic nitrogens is 1. The molecule has 0 fully saturated rings. The SMILES string of the molecule is C[C@H](OC(=O)c1c2c(nc3ccccc13)CC[C@@H](C(C)(C)C)C2)C(=O)NC(N)=O. The summed E-state index contributed by atoms with van der Waals surface area (Å²) in [5.41, 5.74) is 8.05. The van der Waals surface area contributed by atoms with Crippen molar-refractivity contribution in [3.63, 3.8) is 0 Å². The number of rotatable bonds is 3. The number of carbonyl (C=O) groups is 3. The Labute approximate surface area is 170 Å². The number of esters is 1. The number of fused-ring (bicyclic) bond motifs is 2. The molecule has 2 atom stereocenters. The van der Waals surface area contributed by atoms with E-state index in [-0.39, 0.29) is 5.41 Å². The predicted octanol–water partition coefficient (Wildman–Crippen LogP) is 3.13. The molecule has 0 aliphatic heterocycles. The van der Waals surface area contributed by atoms with Gasteiger partial charge in [-0.3, -0.25) is 15.1 Å². The van der Waals surface area contributed by atoms with Crippen molar-refractivity contribution in [1.29, 1.82) is 0 Å². The number of carbonyl (C=O) groups excluding carboxylic acids is 3. The van der Waals surface area contributed by atoms with Gasteiger partial charge in [-0.25, -0.2) is 9.59 Å². The minimum Gasteiger partial charge on any atom is -0.449 e. The van der Waals surface area contributed by atoms with E-state index in [4.69, 9.17) is 15.5 Å². The number of hydrogen-bond donors (Lipinski definition) is 2. The first kappa shape index (κ1) is 20.8. The Balaban J connectivity index is 2.02. The van der Waals surface area contributed by atoms with E-state index in [0.717, 1.165) is 36.0 Å². The summed E-state index contributed by atoms with van der Waals surface area (Å²) < 4.78 is 5.41. The predicted molar refractivity (Wildman–Crippen MR) is 109 cm³/mol. The van der Waals surface area contributed by atoms with Gasteiger partial charge in [-0.2, -0.15) is 0 Å². The standard InChI is InChI=1S/C22H27N3O4/c1-12(19(26)25-21(23)28)29-20(27)18-14-7-5-6-8-16(14)24-17-10-9-13(11-15(17)18)22(2,3)4/h5-8,12-13H,9-11H2,1-4H3,(H3,23,25,26,28)/t12-,13+/m0/s1. The Hall–Kier alpha value is -2.96. The number of nitrogens with two attached hydrogens (primary N) is 1. The summed E-state index contributed by atoms with van der Waals surface area (Å²) in [6.07, 6.45) is 1.37. The molecule has 3 amide bonds. The van der Waals surface area contributed by atoms with Crippen LogP contribution in [0.5, 0.6) is 0 Å². The van der Waals surface area contributed by atoms with Gasteiger partial charge in [0, 0.05) is 11.1 Å². The molecule has 7 heteroatoms. The number of ether oxygens (including phenoxy) is 1. The van der Waals surface area contributed by atoms with Crippen molar-refractivity contribution in [2.45, 2.75) is 53.1 Å². The van der Waals surface area contributed by atoms with Gasteiger partial charge in [0.1, 0.15) is 0 Å². The van der Waals surface area contributed by atoms with Crippen LogP contribution in [0.3, 0.4) is 0 Å². The van der Waals surface area contributed by atoms with Crippen LogP contribution in [-0.2, 0) is 22.4 Å². The van der Waals surface area contributed by atoms with E-state index in [1.807, 2.05) is 29.6 Å². The molecule has 1 aromatic heterocycles. The van der Waals surface area contributed by atoms with Crippen molar-refractivity contribution >= 4 is 28.8 Å². The second-order valence-corrected chi connectivity index (χ2v) is 8.64. The molecule has 0 spiro atoms. The number of primary amides is 1. The molecule has 0 bridgehead atoms. The van der Waals surface area contributed by atoms with Crippen LogP contribution in [0.2, 0.25) is 0 Å². The quantitative estimate of drug-likeness (QED) is 0.773. The van der Waals surface area contributed by atoms with Crippen LogP contribution in [0, 0.1) is 11.3 Å². The van der Waals surface area contributed by atoms with Crippen LogP contribution in [0.25, 0.3) is 10.9 Å². The molecule has 7 nitrogen and oxygen atoms in total. The summed E-state index contributed by atoms with van der Waals surface area (Å²) in [4.78, 5) is 40.8. The lowest BCUT2D eigenvalue weighted by Gasteiger charge is -2.35. The smallest absolute Gasteiger partial charge is 0.339 e. The summed E-state index contributed by atoms with van der Waals surface area (Å²) in [5.74, 6) is -0.952. The van der Waals surface area contributed by atoms with Crippen LogP contribution in [0.1, 0.15) is 55.7 Å². The molecule has 0 saturated carbocycles. The van der Waals surface area contributed by atoms with Crippen molar-refractivity contribution in [1.82, 2.24) is 10.3 Å². The van der Waals surface area contributed by atoms with E-state index in [2.05, 4.69) is 20.8 Å². The molecule has 0 unspecified atom stereocenters. The molecule has 0 saturated heterocycles. The fraction of sp³-hybridized carbons (Fsp3) is 0.455. The first-order valence-electron chi connectivity index (χ1n) is 9.79. The number of pyridine rings is 1. The largest absolute Gasteiger partial charge is 0.449 e. The summed E-state index contributed by atoms with van der Waals surface area (Å²) in [6, 6.07) is 6.44. The lowest BCUT2D eigenvalue weighted by Crippen LogP contribution is -2.42. The molecule has 1 heterocycles. The van der Waals surface area contributed by atoms with Gasteiger partial charge in [0.05, 0.1) is 11.1 Å². The molecule has 3 N–H and O–H groups in total. The number of urea groups is 1. The summed E-state index contributed by atoms with van der Waals surface area (Å²) in [7, 11) is 0. The lowest BCUT2D eigenvalue weighted by molar-refractivity contribution is -0.127. The maximum Gasteiger partial charge on any atom is 0.339 e. The minimum atomic E-state index is -1.15. The normalized spacial score (nSPS) is 17.3. The van der Waals surface area contributed by atoms with Gasteiger partial charge in [0.25, 0.3) is 5.91 Å². The number of benzene rings is 1. The molecule has 1 aliphatic rings. The van der Waals surface area contributed by atoms with Crippen LogP contribution < -0.4 is 11.1 Å². The summed E-state index contributed by atoms with van der Waals surface area (Å²) >= 11 is 0. The highest BCUT2D eigenvalue weighted by molar-refractivity contribution is 6.06. The lowest BCUT2D eigenvalue weighted by atomic mass is 9.70. The maximum atomic E-state index is 13.1. The van der Waals surface area contributed by atoms with Crippen molar-refractivity contribution in [3.05, 3.63) is 41.1 Å². The Morgan fingerprint density at radius 2 is 1.93 bits per heavy atom. The molecule has 1 aliphatic carbocycles. The van der Waals surface area contributed by atoms with Crippen molar-refractivity contribution in [2.75, 3.05) is 0 Å². The number of aryl methyl sites for hydroxylation is 1. The van der Waals surface area contributed by atoms with Crippen LogP contribution in [0.4, 0.5) is 4.79 Å². The van der Waals surface area contributed by atoms with Crippen LogP contribution in [-0.4, -0.2) is 29.0 Å². The molecule has 2 aromatic rings. The van der Waals surface area contributed by atoms with Gasteiger partial charge in [-0.05, 0) is 49.1 Å². The zero-order valence-electron chi connectivity index (χ0n) is 17.2. The Morgan fingerprint density at radius 1 is 1.24 bits per heavy atom. The molecule has 29 heavy (non-hydrogen) atoms. The molecule has 154 valence electrons. The number of nitrogens with one attached hydrogen (secondary N) is 1. The van der Waals surface area contributed by atoms with Gasteiger partial charge < -0.3 is 10.5 Å². The molecular weight excluding hydrogens is 370 g/mol. The number of hydrogen-bond acceptors (Lipinski definition) is 5. The summed E-state index contributed by atoms with van der Waals surface area (Å²) in [6.45, 7) is 8.01. The van der Waals surface area contributed by atoms with Gasteiger partial charge in [0.15, 0.2) is 6.10 Å². The monoisotopic (exact) mass is 397 g/mol. The Morgan fingerprint density at radius 3 is 2.59 bits per heavy atom. The fourth-order valence-electron chi connectivity index (χ4n) is 3.86. The van der Waals surface area contributed by atoms with Gasteiger partial charge in [-0.1, -0.05) is 39.0 Å². The molecular formula is C22H27N3O4. The maximum absolute atomic E-state index is 13.1. The second-order valence-electron chi connectivity index (χ2n) is 8.64. The number of para-hydroxylation sites is 1. The molecule has 0 radical (unpaired) electrons. The zero-order valence-corrected chi connectivity index (χ0v) is 17.2. The fourth-order valence-corrected chi connectivity index (χ4v) is 3.86.